The van der Waals surface area contributed by atoms with E-state index in [0.717, 1.165) is 33.2 Å². The first-order valence-corrected chi connectivity index (χ1v) is 20.1. The minimum atomic E-state index is -0.858. The van der Waals surface area contributed by atoms with Crippen LogP contribution in [0.5, 0.6) is 0 Å². The molecule has 0 aliphatic carbocycles. The third-order valence-electron chi connectivity index (χ3n) is 11.3. The van der Waals surface area contributed by atoms with Gasteiger partial charge in [0.05, 0.1) is 67.0 Å². The maximum atomic E-state index is 13.7. The Morgan fingerprint density at radius 3 is 1.72 bits per heavy atom. The summed E-state index contributed by atoms with van der Waals surface area (Å²) in [5.74, 6) is -0.952. The van der Waals surface area contributed by atoms with Crippen molar-refractivity contribution >= 4 is 44.7 Å². The molecule has 1 fully saturated rings. The third kappa shape index (κ3) is 7.16. The van der Waals surface area contributed by atoms with E-state index in [2.05, 4.69) is 19.9 Å². The molecule has 11 nitrogen and oxygen atoms in total. The number of aromatic amines is 1. The van der Waals surface area contributed by atoms with Crippen molar-refractivity contribution in [3.05, 3.63) is 185 Å². The maximum absolute atomic E-state index is 13.7. The normalized spacial score (nSPS) is 20.2. The average molecular weight is 799 g/mol. The van der Waals surface area contributed by atoms with Crippen molar-refractivity contribution in [2.75, 3.05) is 6.61 Å². The molecule has 2 aromatic heterocycles. The van der Waals surface area contributed by atoms with E-state index in [4.69, 9.17) is 23.7 Å². The Labute approximate surface area is 345 Å². The molecule has 4 heterocycles. The van der Waals surface area contributed by atoms with E-state index in [1.165, 1.54) is 0 Å². The fourth-order valence-electron chi connectivity index (χ4n) is 8.58. The number of nitrogens with one attached hydrogen (secondary N) is 2. The van der Waals surface area contributed by atoms with Gasteiger partial charge in [-0.15, -0.1) is 0 Å². The van der Waals surface area contributed by atoms with E-state index in [9.17, 15) is 9.59 Å². The Kier molecular flexibility index (Phi) is 10.5. The molecule has 8 aromatic rings. The lowest BCUT2D eigenvalue weighted by Crippen LogP contribution is -2.59. The van der Waals surface area contributed by atoms with Crippen LogP contribution in [0, 0.1) is 0 Å². The van der Waals surface area contributed by atoms with Crippen LogP contribution in [0.2, 0.25) is 0 Å². The fraction of sp³-hybridized carbons (Fsp3) is 0.204. The maximum Gasteiger partial charge on any atom is 0.261 e. The summed E-state index contributed by atoms with van der Waals surface area (Å²) in [5, 5.41) is 3.92. The van der Waals surface area contributed by atoms with Crippen LogP contribution in [0.3, 0.4) is 0 Å². The smallest absolute Gasteiger partial charge is 0.261 e. The Balaban J connectivity index is 1.16. The van der Waals surface area contributed by atoms with E-state index in [-0.39, 0.29) is 30.9 Å². The molecule has 300 valence electrons. The van der Waals surface area contributed by atoms with Gasteiger partial charge in [0.15, 0.2) is 6.23 Å². The molecule has 0 spiro atoms. The number of H-pyrrole nitrogens is 1. The predicted octanol–water partition coefficient (Wildman–Crippen LogP) is 8.42. The van der Waals surface area contributed by atoms with E-state index in [1.54, 1.807) is 6.33 Å². The molecular formula is C49H42N4O7. The lowest BCUT2D eigenvalue weighted by Gasteiger charge is -2.47. The molecule has 60 heavy (non-hydrogen) atoms. The van der Waals surface area contributed by atoms with Crippen LogP contribution in [-0.4, -0.2) is 57.4 Å². The molecule has 0 bridgehead atoms. The molecule has 5 atom stereocenters. The summed E-state index contributed by atoms with van der Waals surface area (Å²) in [7, 11) is 0. The average Bonchev–Trinajstić information content (AvgIpc) is 3.99. The summed E-state index contributed by atoms with van der Waals surface area (Å²) < 4.78 is 37.0. The Morgan fingerprint density at radius 1 is 0.583 bits per heavy atom. The molecule has 0 saturated carbocycles. The van der Waals surface area contributed by atoms with Crippen LogP contribution < -0.4 is 5.32 Å². The number of aromatic nitrogens is 3. The van der Waals surface area contributed by atoms with Crippen molar-refractivity contribution in [1.29, 1.82) is 0 Å². The van der Waals surface area contributed by atoms with E-state index in [0.29, 0.717) is 35.2 Å². The van der Waals surface area contributed by atoms with Crippen LogP contribution in [0.25, 0.3) is 32.8 Å². The molecule has 0 radical (unpaired) electrons. The summed E-state index contributed by atoms with van der Waals surface area (Å²) in [4.78, 5) is 35.0. The monoisotopic (exact) mass is 798 g/mol. The van der Waals surface area contributed by atoms with Crippen molar-refractivity contribution in [2.24, 2.45) is 0 Å². The number of carbonyl (C=O) groups excluding carboxylic acids is 2. The topological polar surface area (TPSA) is 126 Å². The minimum Gasteiger partial charge on any atom is -0.374 e. The molecule has 11 heteroatoms. The highest BCUT2D eigenvalue weighted by atomic mass is 16.6. The molecule has 1 saturated heterocycles. The fourth-order valence-corrected chi connectivity index (χ4v) is 8.58. The van der Waals surface area contributed by atoms with Gasteiger partial charge >= 0.3 is 0 Å². The molecule has 6 aromatic carbocycles. The van der Waals surface area contributed by atoms with Crippen molar-refractivity contribution in [1.82, 2.24) is 19.9 Å². The van der Waals surface area contributed by atoms with Gasteiger partial charge in [-0.2, -0.15) is 0 Å². The zero-order valence-corrected chi connectivity index (χ0v) is 32.6. The lowest BCUT2D eigenvalue weighted by atomic mass is 9.96. The largest absolute Gasteiger partial charge is 0.374 e. The lowest BCUT2D eigenvalue weighted by molar-refractivity contribution is -0.288. The number of nitrogens with zero attached hydrogens (tertiary/aromatic N) is 2. The second kappa shape index (κ2) is 16.6. The third-order valence-corrected chi connectivity index (χ3v) is 11.3. The van der Waals surface area contributed by atoms with Gasteiger partial charge in [-0.25, -0.2) is 4.98 Å². The Hall–Kier alpha value is -6.47. The SMILES string of the molecule is O=C1NC(=O)c2c1c1nc[nH]c1c1c2c2ccccc2n1C1OC(COCc2ccccc2)C(OCc2ccccc2)C(OCc2ccccc2)C1OCc1ccccc1. The number of hydrogen-bond donors (Lipinski definition) is 2. The Bertz CT molecular complexity index is 2780. The standard InChI is InChI=1S/C49H42N4O7/c54-47-39-38-35-23-13-14-24-36(35)53(43(38)42-41(50-30-51-42)40(39)48(55)52-47)49-46(59-28-34-21-11-4-12-22-34)45(58-27-33-19-9-3-10-20-33)44(57-26-32-17-7-2-8-18-32)37(60-49)29-56-25-31-15-5-1-6-16-31/h1-24,30,37,44-46,49H,25-29H2,(H,50,51)(H,52,54,55). The summed E-state index contributed by atoms with van der Waals surface area (Å²) in [5.41, 5.74) is 6.93. The van der Waals surface area contributed by atoms with Gasteiger partial charge in [0.2, 0.25) is 0 Å². The number of carbonyl (C=O) groups is 2. The highest BCUT2D eigenvalue weighted by Gasteiger charge is 2.50. The molecular weight excluding hydrogens is 757 g/mol. The zero-order chi connectivity index (χ0) is 40.4. The highest BCUT2D eigenvalue weighted by Crippen LogP contribution is 2.45. The van der Waals surface area contributed by atoms with Gasteiger partial charge in [0.1, 0.15) is 29.9 Å². The number of imide groups is 1. The van der Waals surface area contributed by atoms with Crippen LogP contribution >= 0.6 is 0 Å². The number of fused-ring (bicyclic) bond motifs is 8. The van der Waals surface area contributed by atoms with E-state index in [1.807, 2.05) is 146 Å². The first-order valence-electron chi connectivity index (χ1n) is 20.1. The van der Waals surface area contributed by atoms with Crippen LogP contribution in [-0.2, 0) is 50.1 Å². The van der Waals surface area contributed by atoms with Gasteiger partial charge in [0.25, 0.3) is 11.8 Å². The van der Waals surface area contributed by atoms with Crippen LogP contribution in [0.1, 0.15) is 49.2 Å². The number of ether oxygens (including phenoxy) is 5. The quantitative estimate of drug-likeness (QED) is 0.105. The van der Waals surface area contributed by atoms with Gasteiger partial charge < -0.3 is 33.2 Å². The van der Waals surface area contributed by atoms with E-state index >= 15 is 0 Å². The first kappa shape index (κ1) is 37.8. The van der Waals surface area contributed by atoms with Crippen molar-refractivity contribution in [2.45, 2.75) is 57.1 Å². The van der Waals surface area contributed by atoms with Gasteiger partial charge in [-0.05, 0) is 28.3 Å². The van der Waals surface area contributed by atoms with Crippen molar-refractivity contribution in [3.8, 4) is 0 Å². The number of imidazole rings is 1. The molecule has 2 aliphatic heterocycles. The number of amides is 2. The summed E-state index contributed by atoms with van der Waals surface area (Å²) in [6, 6.07) is 47.9. The number of hydrogen-bond acceptors (Lipinski definition) is 8. The summed E-state index contributed by atoms with van der Waals surface area (Å²) in [6.07, 6.45) is -2.10. The van der Waals surface area contributed by atoms with Crippen molar-refractivity contribution in [3.63, 3.8) is 0 Å². The van der Waals surface area contributed by atoms with Gasteiger partial charge in [0, 0.05) is 10.8 Å². The van der Waals surface area contributed by atoms with Crippen molar-refractivity contribution < 1.29 is 33.3 Å². The van der Waals surface area contributed by atoms with E-state index < -0.39 is 42.5 Å². The van der Waals surface area contributed by atoms with Gasteiger partial charge in [-0.3, -0.25) is 14.9 Å². The highest BCUT2D eigenvalue weighted by molar-refractivity contribution is 6.36. The number of para-hydroxylation sites is 1. The summed E-state index contributed by atoms with van der Waals surface area (Å²) >= 11 is 0. The minimum absolute atomic E-state index is 0.171. The first-order chi connectivity index (χ1) is 29.6. The number of benzene rings is 6. The molecule has 2 aliphatic rings. The molecule has 2 N–H and O–H groups in total. The second-order valence-electron chi connectivity index (χ2n) is 15.1. The molecule has 2 amide bonds. The molecule has 5 unspecified atom stereocenters. The number of rotatable bonds is 14. The molecule has 10 rings (SSSR count). The van der Waals surface area contributed by atoms with Crippen LogP contribution in [0.4, 0.5) is 0 Å². The predicted molar refractivity (Wildman–Crippen MR) is 226 cm³/mol. The zero-order valence-electron chi connectivity index (χ0n) is 32.6. The summed E-state index contributed by atoms with van der Waals surface area (Å²) in [6.45, 7) is 1.36. The van der Waals surface area contributed by atoms with Gasteiger partial charge in [-0.1, -0.05) is 140 Å². The Morgan fingerprint density at radius 2 is 1.10 bits per heavy atom. The van der Waals surface area contributed by atoms with Crippen LogP contribution in [0.15, 0.2) is 152 Å². The second-order valence-corrected chi connectivity index (χ2v) is 15.1.